The minimum Gasteiger partial charge on any atom is -0.480 e. The van der Waals surface area contributed by atoms with Crippen LogP contribution in [0.3, 0.4) is 0 Å². The zero-order valence-electron chi connectivity index (χ0n) is 9.71. The maximum Gasteiger partial charge on any atom is 0.323 e. The van der Waals surface area contributed by atoms with Gasteiger partial charge in [0.1, 0.15) is 17.2 Å². The molecule has 1 amide bonds. The number of aromatic nitrogens is 1. The molecule has 0 aliphatic rings. The summed E-state index contributed by atoms with van der Waals surface area (Å²) in [4.78, 5) is 27.8. The second kappa shape index (κ2) is 5.74. The Labute approximate surface area is 103 Å². The Bertz CT molecular complexity index is 417. The predicted octanol–water partition coefficient (Wildman–Crippen LogP) is 0.710. The van der Waals surface area contributed by atoms with E-state index in [9.17, 15) is 9.59 Å². The summed E-state index contributed by atoms with van der Waals surface area (Å²) in [5.74, 6) is -1.42. The highest BCUT2D eigenvalue weighted by Crippen LogP contribution is 2.16. The quantitative estimate of drug-likeness (QED) is 0.809. The Morgan fingerprint density at radius 2 is 2.29 bits per heavy atom. The maximum absolute atomic E-state index is 11.9. The number of aliphatic carboxylic acids is 1. The number of nitrogens with two attached hydrogens (primary N) is 1. The van der Waals surface area contributed by atoms with E-state index in [2.05, 4.69) is 4.98 Å². The van der Waals surface area contributed by atoms with Crippen LogP contribution < -0.4 is 5.73 Å². The van der Waals surface area contributed by atoms with Gasteiger partial charge in [0.2, 0.25) is 0 Å². The second-order valence-electron chi connectivity index (χ2n) is 3.57. The van der Waals surface area contributed by atoms with Crippen molar-refractivity contribution in [1.29, 1.82) is 0 Å². The van der Waals surface area contributed by atoms with Crippen molar-refractivity contribution in [2.45, 2.75) is 19.9 Å². The predicted molar refractivity (Wildman–Crippen MR) is 63.9 cm³/mol. The summed E-state index contributed by atoms with van der Waals surface area (Å²) in [6.07, 6.45) is 0. The van der Waals surface area contributed by atoms with E-state index in [0.29, 0.717) is 11.6 Å². The largest absolute Gasteiger partial charge is 0.480 e. The molecule has 0 aliphatic heterocycles. The Hall–Kier alpha value is -1.47. The first-order chi connectivity index (χ1) is 7.95. The number of carbonyl (C=O) groups is 2. The SMILES string of the molecule is CCN(CC(=O)O)C(=O)c1csc(C(C)N)n1. The fraction of sp³-hybridized carbons (Fsp3) is 0.500. The van der Waals surface area contributed by atoms with Crippen LogP contribution in [0, 0.1) is 0 Å². The van der Waals surface area contributed by atoms with E-state index in [0.717, 1.165) is 0 Å². The molecule has 94 valence electrons. The lowest BCUT2D eigenvalue weighted by molar-refractivity contribution is -0.137. The standard InChI is InChI=1S/C10H15N3O3S/c1-3-13(4-8(14)15)10(16)7-5-17-9(12-7)6(2)11/h5-6H,3-4,11H2,1-2H3,(H,14,15). The summed E-state index contributed by atoms with van der Waals surface area (Å²) < 4.78 is 0. The van der Waals surface area contributed by atoms with Gasteiger partial charge in [-0.3, -0.25) is 9.59 Å². The molecule has 1 heterocycles. The van der Waals surface area contributed by atoms with Crippen LogP contribution in [0.5, 0.6) is 0 Å². The van der Waals surface area contributed by atoms with Crippen LogP contribution in [0.1, 0.15) is 35.4 Å². The van der Waals surface area contributed by atoms with E-state index in [1.54, 1.807) is 19.2 Å². The van der Waals surface area contributed by atoms with Crippen molar-refractivity contribution in [1.82, 2.24) is 9.88 Å². The van der Waals surface area contributed by atoms with Crippen molar-refractivity contribution in [2.75, 3.05) is 13.1 Å². The van der Waals surface area contributed by atoms with Gasteiger partial charge in [0.15, 0.2) is 0 Å². The highest BCUT2D eigenvalue weighted by atomic mass is 32.1. The van der Waals surface area contributed by atoms with Gasteiger partial charge in [-0.15, -0.1) is 11.3 Å². The Balaban J connectivity index is 2.82. The van der Waals surface area contributed by atoms with Gasteiger partial charge >= 0.3 is 5.97 Å². The van der Waals surface area contributed by atoms with Crippen LogP contribution >= 0.6 is 11.3 Å². The lowest BCUT2D eigenvalue weighted by atomic mass is 10.3. The molecule has 0 spiro atoms. The molecule has 7 heteroatoms. The molecule has 3 N–H and O–H groups in total. The Kier molecular flexibility index (Phi) is 4.59. The number of hydrogen-bond donors (Lipinski definition) is 2. The minimum absolute atomic E-state index is 0.226. The zero-order valence-corrected chi connectivity index (χ0v) is 10.5. The molecule has 1 unspecified atom stereocenters. The molecule has 17 heavy (non-hydrogen) atoms. The normalized spacial score (nSPS) is 12.2. The molecular formula is C10H15N3O3S. The summed E-state index contributed by atoms with van der Waals surface area (Å²) in [7, 11) is 0. The molecule has 0 radical (unpaired) electrons. The maximum atomic E-state index is 11.9. The molecule has 1 atom stereocenters. The van der Waals surface area contributed by atoms with Gasteiger partial charge in [-0.1, -0.05) is 0 Å². The third-order valence-corrected chi connectivity index (χ3v) is 3.17. The van der Waals surface area contributed by atoms with Crippen molar-refractivity contribution in [2.24, 2.45) is 5.73 Å². The average molecular weight is 257 g/mol. The summed E-state index contributed by atoms with van der Waals surface area (Å²) in [5.41, 5.74) is 5.90. The third kappa shape index (κ3) is 3.50. The molecule has 0 aliphatic carbocycles. The van der Waals surface area contributed by atoms with Gasteiger partial charge in [-0.05, 0) is 13.8 Å². The van der Waals surface area contributed by atoms with Crippen LogP contribution in [0.25, 0.3) is 0 Å². The molecule has 0 saturated carbocycles. The van der Waals surface area contributed by atoms with Gasteiger partial charge in [0.05, 0.1) is 6.04 Å². The average Bonchev–Trinajstić information content (AvgIpc) is 2.73. The molecular weight excluding hydrogens is 242 g/mol. The van der Waals surface area contributed by atoms with Crippen LogP contribution in [0.2, 0.25) is 0 Å². The number of carbonyl (C=O) groups excluding carboxylic acids is 1. The van der Waals surface area contributed by atoms with Gasteiger partial charge in [-0.25, -0.2) is 4.98 Å². The fourth-order valence-electron chi connectivity index (χ4n) is 1.25. The van der Waals surface area contributed by atoms with E-state index < -0.39 is 5.97 Å². The van der Waals surface area contributed by atoms with E-state index in [-0.39, 0.29) is 24.2 Å². The third-order valence-electron chi connectivity index (χ3n) is 2.13. The molecule has 6 nitrogen and oxygen atoms in total. The van der Waals surface area contributed by atoms with Crippen molar-refractivity contribution in [3.8, 4) is 0 Å². The van der Waals surface area contributed by atoms with Crippen molar-refractivity contribution >= 4 is 23.2 Å². The topological polar surface area (TPSA) is 96.5 Å². The van der Waals surface area contributed by atoms with Crippen LogP contribution in [0.4, 0.5) is 0 Å². The molecule has 0 saturated heterocycles. The van der Waals surface area contributed by atoms with Gasteiger partial charge in [-0.2, -0.15) is 0 Å². The summed E-state index contributed by atoms with van der Waals surface area (Å²) in [6, 6.07) is -0.226. The van der Waals surface area contributed by atoms with E-state index in [1.807, 2.05) is 0 Å². The van der Waals surface area contributed by atoms with E-state index >= 15 is 0 Å². The number of nitrogens with zero attached hydrogens (tertiary/aromatic N) is 2. The van der Waals surface area contributed by atoms with Crippen molar-refractivity contribution < 1.29 is 14.7 Å². The zero-order chi connectivity index (χ0) is 13.0. The molecule has 1 aromatic rings. The molecule has 1 rings (SSSR count). The second-order valence-corrected chi connectivity index (χ2v) is 4.46. The van der Waals surface area contributed by atoms with Gasteiger partial charge in [0, 0.05) is 11.9 Å². The number of hydrogen-bond acceptors (Lipinski definition) is 5. The van der Waals surface area contributed by atoms with Crippen LogP contribution in [-0.4, -0.2) is 40.0 Å². The first-order valence-electron chi connectivity index (χ1n) is 5.17. The molecule has 0 bridgehead atoms. The minimum atomic E-state index is -1.04. The number of carboxylic acids is 1. The first kappa shape index (κ1) is 13.6. The van der Waals surface area contributed by atoms with Crippen LogP contribution in [-0.2, 0) is 4.79 Å². The van der Waals surface area contributed by atoms with Gasteiger partial charge in [0.25, 0.3) is 5.91 Å². The number of likely N-dealkylation sites (N-methyl/N-ethyl adjacent to an activating group) is 1. The summed E-state index contributed by atoms with van der Waals surface area (Å²) >= 11 is 1.30. The van der Waals surface area contributed by atoms with Crippen LogP contribution in [0.15, 0.2) is 5.38 Å². The molecule has 0 aromatic carbocycles. The lowest BCUT2D eigenvalue weighted by Gasteiger charge is -2.16. The lowest BCUT2D eigenvalue weighted by Crippen LogP contribution is -2.35. The summed E-state index contributed by atoms with van der Waals surface area (Å²) in [6.45, 7) is 3.51. The highest BCUT2D eigenvalue weighted by Gasteiger charge is 2.20. The molecule has 1 aromatic heterocycles. The fourth-order valence-corrected chi connectivity index (χ4v) is 2.00. The van der Waals surface area contributed by atoms with Crippen molar-refractivity contribution in [3.05, 3.63) is 16.1 Å². The number of rotatable bonds is 5. The van der Waals surface area contributed by atoms with E-state index in [1.165, 1.54) is 16.2 Å². The Morgan fingerprint density at radius 3 is 2.71 bits per heavy atom. The molecule has 0 fully saturated rings. The first-order valence-corrected chi connectivity index (χ1v) is 6.05. The highest BCUT2D eigenvalue weighted by molar-refractivity contribution is 7.09. The van der Waals surface area contributed by atoms with Crippen molar-refractivity contribution in [3.63, 3.8) is 0 Å². The monoisotopic (exact) mass is 257 g/mol. The van der Waals surface area contributed by atoms with Gasteiger partial charge < -0.3 is 15.7 Å². The number of carboxylic acid groups (broad SMARTS) is 1. The number of amides is 1. The summed E-state index contributed by atoms with van der Waals surface area (Å²) in [5, 5.41) is 10.9. The van der Waals surface area contributed by atoms with E-state index in [4.69, 9.17) is 10.8 Å². The Morgan fingerprint density at radius 1 is 1.65 bits per heavy atom. The smallest absolute Gasteiger partial charge is 0.323 e. The number of thiazole rings is 1.